The van der Waals surface area contributed by atoms with E-state index in [-0.39, 0.29) is 15.0 Å². The molecule has 1 aromatic heterocycles. The summed E-state index contributed by atoms with van der Waals surface area (Å²) in [7, 11) is -4.01. The summed E-state index contributed by atoms with van der Waals surface area (Å²) < 4.78 is 30.6. The zero-order valence-corrected chi connectivity index (χ0v) is 13.2. The van der Waals surface area contributed by atoms with E-state index in [9.17, 15) is 18.5 Å². The molecule has 0 amide bonds. The Bertz CT molecular complexity index is 818. The number of hydrogen-bond acceptors (Lipinski definition) is 7. The van der Waals surface area contributed by atoms with Crippen LogP contribution < -0.4 is 4.72 Å². The Morgan fingerprint density at radius 3 is 2.57 bits per heavy atom. The van der Waals surface area contributed by atoms with Crippen molar-refractivity contribution in [3.63, 3.8) is 0 Å². The highest BCUT2D eigenvalue weighted by Crippen LogP contribution is 2.31. The van der Waals surface area contributed by atoms with Gasteiger partial charge in [-0.05, 0) is 25.5 Å². The fraction of sp³-hybridized carbons (Fsp3) is 0.200. The number of aromatic nitrogens is 2. The summed E-state index contributed by atoms with van der Waals surface area (Å²) in [4.78, 5) is 13.8. The number of nitrogens with one attached hydrogen (secondary N) is 1. The Hall–Kier alpha value is -1.78. The number of anilines is 1. The molecule has 2 aromatic rings. The largest absolute Gasteiger partial charge is 0.289 e. The molecule has 112 valence electrons. The van der Waals surface area contributed by atoms with E-state index in [4.69, 9.17) is 11.6 Å². The minimum atomic E-state index is -4.01. The first kappa shape index (κ1) is 15.6. The van der Waals surface area contributed by atoms with Crippen molar-refractivity contribution in [3.8, 4) is 0 Å². The van der Waals surface area contributed by atoms with Crippen LogP contribution >= 0.6 is 23.1 Å². The second-order valence-corrected chi connectivity index (χ2v) is 6.89. The molecule has 0 aliphatic heterocycles. The highest BCUT2D eigenvalue weighted by molar-refractivity contribution is 7.93. The van der Waals surface area contributed by atoms with Crippen LogP contribution in [0.25, 0.3) is 0 Å². The van der Waals surface area contributed by atoms with E-state index in [0.717, 1.165) is 17.6 Å². The van der Waals surface area contributed by atoms with Crippen LogP contribution in [0.15, 0.2) is 17.0 Å². The van der Waals surface area contributed by atoms with Gasteiger partial charge in [-0.25, -0.2) is 13.4 Å². The molecule has 0 saturated carbocycles. The van der Waals surface area contributed by atoms with Crippen molar-refractivity contribution in [1.29, 1.82) is 0 Å². The third kappa shape index (κ3) is 3.28. The molecule has 1 N–H and O–H groups in total. The van der Waals surface area contributed by atoms with E-state index in [1.807, 2.05) is 0 Å². The molecule has 0 atom stereocenters. The van der Waals surface area contributed by atoms with Crippen LogP contribution in [0.2, 0.25) is 5.02 Å². The molecule has 0 bridgehead atoms. The summed E-state index contributed by atoms with van der Waals surface area (Å²) >= 11 is 6.61. The number of nitro groups is 1. The molecular weight excluding hydrogens is 340 g/mol. The number of halogens is 1. The Balaban J connectivity index is 2.49. The van der Waals surface area contributed by atoms with Crippen molar-refractivity contribution in [3.05, 3.63) is 38.7 Å². The van der Waals surface area contributed by atoms with Crippen molar-refractivity contribution in [2.75, 3.05) is 4.72 Å². The quantitative estimate of drug-likeness (QED) is 0.670. The summed E-state index contributed by atoms with van der Waals surface area (Å²) in [6.07, 6.45) is 0. The lowest BCUT2D eigenvalue weighted by molar-refractivity contribution is -0.384. The zero-order chi connectivity index (χ0) is 15.8. The third-order valence-corrected chi connectivity index (χ3v) is 5.11. The maximum atomic E-state index is 12.3. The van der Waals surface area contributed by atoms with E-state index in [1.165, 1.54) is 13.0 Å². The Morgan fingerprint density at radius 1 is 1.38 bits per heavy atom. The van der Waals surface area contributed by atoms with Crippen LogP contribution in [-0.4, -0.2) is 22.7 Å². The minimum absolute atomic E-state index is 0.0875. The number of nitro benzene ring substituents is 1. The van der Waals surface area contributed by atoms with Crippen molar-refractivity contribution in [2.24, 2.45) is 0 Å². The smallest absolute Gasteiger partial charge is 0.258 e. The average Bonchev–Trinajstić information content (AvgIpc) is 2.72. The van der Waals surface area contributed by atoms with Gasteiger partial charge in [0.1, 0.15) is 10.8 Å². The first-order valence-corrected chi connectivity index (χ1v) is 8.12. The standard InChI is InChI=1S/C10H9ClN4O4S2/c1-5-3-7(11)8(15(16)17)4-9(5)21(18,19)14-10-12-6(2)13-20-10/h3-4H,1-2H3,(H,12,13,14). The van der Waals surface area contributed by atoms with Gasteiger partial charge in [0, 0.05) is 17.6 Å². The lowest BCUT2D eigenvalue weighted by Gasteiger charge is -2.08. The third-order valence-electron chi connectivity index (χ3n) is 2.48. The molecule has 0 spiro atoms. The SMILES string of the molecule is Cc1nsc(NS(=O)(=O)c2cc([N+](=O)[O-])c(Cl)cc2C)n1. The molecule has 0 aliphatic rings. The lowest BCUT2D eigenvalue weighted by atomic mass is 10.2. The van der Waals surface area contributed by atoms with Gasteiger partial charge in [-0.1, -0.05) is 11.6 Å². The second-order valence-electron chi connectivity index (χ2n) is 4.08. The Labute approximate surface area is 129 Å². The van der Waals surface area contributed by atoms with Gasteiger partial charge in [0.05, 0.1) is 9.82 Å². The molecule has 11 heteroatoms. The van der Waals surface area contributed by atoms with Crippen molar-refractivity contribution < 1.29 is 13.3 Å². The minimum Gasteiger partial charge on any atom is -0.258 e. The average molecular weight is 349 g/mol. The molecule has 0 aliphatic carbocycles. The predicted octanol–water partition coefficient (Wildman–Crippen LogP) is 2.52. The number of sulfonamides is 1. The first-order valence-electron chi connectivity index (χ1n) is 5.48. The van der Waals surface area contributed by atoms with Gasteiger partial charge < -0.3 is 0 Å². The molecule has 0 fully saturated rings. The molecule has 21 heavy (non-hydrogen) atoms. The summed E-state index contributed by atoms with van der Waals surface area (Å²) in [6.45, 7) is 3.11. The van der Waals surface area contributed by atoms with Gasteiger partial charge in [0.25, 0.3) is 15.7 Å². The van der Waals surface area contributed by atoms with Crippen molar-refractivity contribution in [2.45, 2.75) is 18.7 Å². The maximum absolute atomic E-state index is 12.3. The maximum Gasteiger partial charge on any atom is 0.289 e. The number of nitrogens with zero attached hydrogens (tertiary/aromatic N) is 3. The Kier molecular flexibility index (Phi) is 4.12. The second kappa shape index (κ2) is 5.54. The van der Waals surface area contributed by atoms with Crippen LogP contribution in [-0.2, 0) is 10.0 Å². The van der Waals surface area contributed by atoms with Gasteiger partial charge in [-0.2, -0.15) is 4.37 Å². The molecule has 1 heterocycles. The van der Waals surface area contributed by atoms with Gasteiger partial charge in [0.15, 0.2) is 0 Å². The van der Waals surface area contributed by atoms with Crippen LogP contribution in [0.5, 0.6) is 0 Å². The molecule has 1 aromatic carbocycles. The van der Waals surface area contributed by atoms with E-state index >= 15 is 0 Å². The molecule has 0 radical (unpaired) electrons. The normalized spacial score (nSPS) is 11.4. The topological polar surface area (TPSA) is 115 Å². The van der Waals surface area contributed by atoms with Crippen molar-refractivity contribution in [1.82, 2.24) is 9.36 Å². The summed E-state index contributed by atoms with van der Waals surface area (Å²) in [5, 5.41) is 10.8. The van der Waals surface area contributed by atoms with E-state index in [1.54, 1.807) is 6.92 Å². The van der Waals surface area contributed by atoms with E-state index in [2.05, 4.69) is 14.1 Å². The fourth-order valence-electron chi connectivity index (χ4n) is 1.58. The first-order chi connectivity index (χ1) is 9.70. The van der Waals surface area contributed by atoms with Gasteiger partial charge in [0.2, 0.25) is 5.13 Å². The van der Waals surface area contributed by atoms with Crippen LogP contribution in [0, 0.1) is 24.0 Å². The molecule has 2 rings (SSSR count). The summed E-state index contributed by atoms with van der Waals surface area (Å²) in [6, 6.07) is 2.16. The highest BCUT2D eigenvalue weighted by atomic mass is 35.5. The van der Waals surface area contributed by atoms with Crippen LogP contribution in [0.4, 0.5) is 10.8 Å². The van der Waals surface area contributed by atoms with E-state index in [0.29, 0.717) is 11.4 Å². The lowest BCUT2D eigenvalue weighted by Crippen LogP contribution is -2.14. The van der Waals surface area contributed by atoms with Crippen molar-refractivity contribution >= 4 is 44.0 Å². The van der Waals surface area contributed by atoms with Gasteiger partial charge in [-0.15, -0.1) is 0 Å². The zero-order valence-electron chi connectivity index (χ0n) is 10.8. The fourth-order valence-corrected chi connectivity index (χ4v) is 3.91. The number of benzene rings is 1. The van der Waals surface area contributed by atoms with Crippen LogP contribution in [0.1, 0.15) is 11.4 Å². The summed E-state index contributed by atoms with van der Waals surface area (Å²) in [5.74, 6) is 0.427. The molecule has 0 unspecified atom stereocenters. The molecule has 0 saturated heterocycles. The van der Waals surface area contributed by atoms with Gasteiger partial charge >= 0.3 is 0 Å². The molecular formula is C10H9ClN4O4S2. The van der Waals surface area contributed by atoms with E-state index < -0.39 is 20.6 Å². The molecule has 8 nitrogen and oxygen atoms in total. The van der Waals surface area contributed by atoms with Gasteiger partial charge in [-0.3, -0.25) is 14.8 Å². The number of aryl methyl sites for hydroxylation is 2. The Morgan fingerprint density at radius 2 is 2.05 bits per heavy atom. The predicted molar refractivity (Wildman–Crippen MR) is 78.3 cm³/mol. The van der Waals surface area contributed by atoms with Crippen LogP contribution in [0.3, 0.4) is 0 Å². The highest BCUT2D eigenvalue weighted by Gasteiger charge is 2.24. The number of rotatable bonds is 4. The number of hydrogen-bond donors (Lipinski definition) is 1. The monoisotopic (exact) mass is 348 g/mol. The summed E-state index contributed by atoms with van der Waals surface area (Å²) in [5.41, 5.74) is -0.185.